The molecule has 2 saturated heterocycles. The molecule has 0 N–H and O–H groups in total. The van der Waals surface area contributed by atoms with E-state index in [9.17, 15) is 9.18 Å². The fourth-order valence-corrected chi connectivity index (χ4v) is 3.52. The second kappa shape index (κ2) is 7.92. The van der Waals surface area contributed by atoms with Gasteiger partial charge in [-0.2, -0.15) is 0 Å². The van der Waals surface area contributed by atoms with E-state index in [0.29, 0.717) is 31.9 Å². The molecular weight excluding hydrogens is 347 g/mol. The van der Waals surface area contributed by atoms with Crippen molar-refractivity contribution in [2.75, 3.05) is 62.3 Å². The molecule has 1 aromatic heterocycles. The van der Waals surface area contributed by atoms with E-state index in [1.54, 1.807) is 24.4 Å². The highest BCUT2D eigenvalue weighted by molar-refractivity contribution is 5.95. The number of hydrogen-bond acceptors (Lipinski definition) is 5. The number of carbonyl (C=O) groups excluding carboxylic acids is 1. The average Bonchev–Trinajstić information content (AvgIpc) is 2.75. The molecule has 7 heteroatoms. The molecule has 2 aromatic rings. The molecule has 1 aromatic carbocycles. The first kappa shape index (κ1) is 17.7. The SMILES string of the molecule is O=C(c1ccnc(N2CCOCC2)c1)N1CCN(c2ccc(F)cc2)CC1. The van der Waals surface area contributed by atoms with Gasteiger partial charge in [0.15, 0.2) is 0 Å². The van der Waals surface area contributed by atoms with Gasteiger partial charge in [-0.1, -0.05) is 0 Å². The van der Waals surface area contributed by atoms with E-state index in [1.807, 2.05) is 11.0 Å². The minimum absolute atomic E-state index is 0.0330. The topological polar surface area (TPSA) is 48.9 Å². The fourth-order valence-electron chi connectivity index (χ4n) is 3.52. The van der Waals surface area contributed by atoms with Crippen molar-refractivity contribution in [2.45, 2.75) is 0 Å². The average molecular weight is 370 g/mol. The molecule has 0 spiro atoms. The Bertz CT molecular complexity index is 785. The van der Waals surface area contributed by atoms with Gasteiger partial charge in [0.05, 0.1) is 13.2 Å². The summed E-state index contributed by atoms with van der Waals surface area (Å²) in [6.07, 6.45) is 1.70. The molecule has 0 unspecified atom stereocenters. The van der Waals surface area contributed by atoms with Crippen molar-refractivity contribution in [3.05, 3.63) is 54.0 Å². The summed E-state index contributed by atoms with van der Waals surface area (Å²) in [4.78, 5) is 23.5. The number of pyridine rings is 1. The third-order valence-electron chi connectivity index (χ3n) is 5.09. The molecule has 2 aliphatic rings. The van der Waals surface area contributed by atoms with Crippen molar-refractivity contribution in [2.24, 2.45) is 0 Å². The van der Waals surface area contributed by atoms with Crippen LogP contribution in [0.2, 0.25) is 0 Å². The van der Waals surface area contributed by atoms with Gasteiger partial charge in [-0.15, -0.1) is 0 Å². The molecule has 0 atom stereocenters. The Morgan fingerprint density at radius 2 is 1.63 bits per heavy atom. The Balaban J connectivity index is 1.39. The van der Waals surface area contributed by atoms with Crippen LogP contribution in [0.1, 0.15) is 10.4 Å². The van der Waals surface area contributed by atoms with Crippen molar-refractivity contribution in [3.8, 4) is 0 Å². The van der Waals surface area contributed by atoms with E-state index < -0.39 is 0 Å². The second-order valence-electron chi connectivity index (χ2n) is 6.76. The lowest BCUT2D eigenvalue weighted by molar-refractivity contribution is 0.0746. The number of halogens is 1. The van der Waals surface area contributed by atoms with E-state index in [0.717, 1.165) is 37.7 Å². The zero-order valence-corrected chi connectivity index (χ0v) is 15.2. The summed E-state index contributed by atoms with van der Waals surface area (Å²) in [6, 6.07) is 10.2. The van der Waals surface area contributed by atoms with Crippen molar-refractivity contribution in [1.29, 1.82) is 0 Å². The van der Waals surface area contributed by atoms with Crippen LogP contribution in [-0.4, -0.2) is 68.3 Å². The Morgan fingerprint density at radius 1 is 0.926 bits per heavy atom. The monoisotopic (exact) mass is 370 g/mol. The van der Waals surface area contributed by atoms with Gasteiger partial charge in [-0.25, -0.2) is 9.37 Å². The second-order valence-corrected chi connectivity index (χ2v) is 6.76. The fraction of sp³-hybridized carbons (Fsp3) is 0.400. The predicted molar refractivity (Wildman–Crippen MR) is 102 cm³/mol. The summed E-state index contributed by atoms with van der Waals surface area (Å²) in [6.45, 7) is 5.72. The maximum absolute atomic E-state index is 13.1. The third-order valence-corrected chi connectivity index (χ3v) is 5.09. The molecule has 0 bridgehead atoms. The summed E-state index contributed by atoms with van der Waals surface area (Å²) in [7, 11) is 0. The van der Waals surface area contributed by atoms with Crippen molar-refractivity contribution < 1.29 is 13.9 Å². The van der Waals surface area contributed by atoms with Crippen molar-refractivity contribution in [1.82, 2.24) is 9.88 Å². The minimum atomic E-state index is -0.235. The molecule has 2 fully saturated rings. The van der Waals surface area contributed by atoms with E-state index >= 15 is 0 Å². The van der Waals surface area contributed by atoms with E-state index in [1.165, 1.54) is 12.1 Å². The summed E-state index contributed by atoms with van der Waals surface area (Å²) >= 11 is 0. The molecule has 0 aliphatic carbocycles. The quantitative estimate of drug-likeness (QED) is 0.827. The third kappa shape index (κ3) is 4.03. The van der Waals surface area contributed by atoms with Crippen LogP contribution in [0.3, 0.4) is 0 Å². The number of morpholine rings is 1. The number of ether oxygens (including phenoxy) is 1. The van der Waals surface area contributed by atoms with Crippen LogP contribution in [0.4, 0.5) is 15.9 Å². The first-order valence-electron chi connectivity index (χ1n) is 9.29. The zero-order chi connectivity index (χ0) is 18.6. The first-order chi connectivity index (χ1) is 13.2. The van der Waals surface area contributed by atoms with Crippen LogP contribution in [0.15, 0.2) is 42.6 Å². The molecule has 142 valence electrons. The molecule has 27 heavy (non-hydrogen) atoms. The first-order valence-corrected chi connectivity index (χ1v) is 9.29. The predicted octanol–water partition coefficient (Wildman–Crippen LogP) is 2.02. The number of piperazine rings is 1. The van der Waals surface area contributed by atoms with E-state index in [-0.39, 0.29) is 11.7 Å². The Hall–Kier alpha value is -2.67. The van der Waals surface area contributed by atoms with Crippen LogP contribution in [0, 0.1) is 5.82 Å². The number of aromatic nitrogens is 1. The van der Waals surface area contributed by atoms with Crippen LogP contribution in [0.25, 0.3) is 0 Å². The number of rotatable bonds is 3. The molecule has 0 radical (unpaired) electrons. The Morgan fingerprint density at radius 3 is 2.33 bits per heavy atom. The largest absolute Gasteiger partial charge is 0.378 e. The smallest absolute Gasteiger partial charge is 0.254 e. The molecule has 3 heterocycles. The summed E-state index contributed by atoms with van der Waals surface area (Å²) in [5, 5.41) is 0. The van der Waals surface area contributed by atoms with Gasteiger partial charge in [0.25, 0.3) is 5.91 Å². The van der Waals surface area contributed by atoms with Gasteiger partial charge >= 0.3 is 0 Å². The molecule has 1 amide bonds. The molecular formula is C20H23FN4O2. The van der Waals surface area contributed by atoms with Crippen LogP contribution in [0.5, 0.6) is 0 Å². The van der Waals surface area contributed by atoms with Gasteiger partial charge < -0.3 is 19.4 Å². The molecule has 6 nitrogen and oxygen atoms in total. The van der Waals surface area contributed by atoms with Gasteiger partial charge in [-0.05, 0) is 36.4 Å². The number of hydrogen-bond donors (Lipinski definition) is 0. The minimum Gasteiger partial charge on any atom is -0.378 e. The number of nitrogens with zero attached hydrogens (tertiary/aromatic N) is 4. The number of amides is 1. The van der Waals surface area contributed by atoms with E-state index in [2.05, 4.69) is 14.8 Å². The zero-order valence-electron chi connectivity index (χ0n) is 15.2. The highest BCUT2D eigenvalue weighted by Crippen LogP contribution is 2.19. The Labute approximate surface area is 158 Å². The highest BCUT2D eigenvalue weighted by atomic mass is 19.1. The molecule has 4 rings (SSSR count). The van der Waals surface area contributed by atoms with Crippen LogP contribution in [-0.2, 0) is 4.74 Å². The summed E-state index contributed by atoms with van der Waals surface area (Å²) in [5.74, 6) is 0.626. The summed E-state index contributed by atoms with van der Waals surface area (Å²) in [5.41, 5.74) is 1.66. The standard InChI is InChI=1S/C20H23FN4O2/c21-17-1-3-18(4-2-17)23-7-9-25(10-8-23)20(26)16-5-6-22-19(15-16)24-11-13-27-14-12-24/h1-6,15H,7-14H2. The highest BCUT2D eigenvalue weighted by Gasteiger charge is 2.23. The lowest BCUT2D eigenvalue weighted by Gasteiger charge is -2.36. The van der Waals surface area contributed by atoms with Gasteiger partial charge in [-0.3, -0.25) is 4.79 Å². The van der Waals surface area contributed by atoms with E-state index in [4.69, 9.17) is 4.74 Å². The number of benzene rings is 1. The number of anilines is 2. The maximum Gasteiger partial charge on any atom is 0.254 e. The van der Waals surface area contributed by atoms with Crippen molar-refractivity contribution in [3.63, 3.8) is 0 Å². The van der Waals surface area contributed by atoms with Crippen LogP contribution < -0.4 is 9.80 Å². The lowest BCUT2D eigenvalue weighted by Crippen LogP contribution is -2.48. The van der Waals surface area contributed by atoms with Crippen molar-refractivity contribution >= 4 is 17.4 Å². The van der Waals surface area contributed by atoms with Gasteiger partial charge in [0.1, 0.15) is 11.6 Å². The van der Waals surface area contributed by atoms with Gasteiger partial charge in [0, 0.05) is 56.7 Å². The van der Waals surface area contributed by atoms with Gasteiger partial charge in [0.2, 0.25) is 0 Å². The lowest BCUT2D eigenvalue weighted by atomic mass is 10.2. The molecule has 2 aliphatic heterocycles. The maximum atomic E-state index is 13.1. The summed E-state index contributed by atoms with van der Waals surface area (Å²) < 4.78 is 18.5. The normalized spacial score (nSPS) is 17.9. The number of carbonyl (C=O) groups is 1. The molecule has 0 saturated carbocycles. The van der Waals surface area contributed by atoms with Crippen LogP contribution >= 0.6 is 0 Å². The Kier molecular flexibility index (Phi) is 5.20.